The van der Waals surface area contributed by atoms with Gasteiger partial charge >= 0.3 is 0 Å². The summed E-state index contributed by atoms with van der Waals surface area (Å²) in [6.07, 6.45) is 8.83. The van der Waals surface area contributed by atoms with Gasteiger partial charge in [0.25, 0.3) is 0 Å². The molecule has 0 saturated heterocycles. The van der Waals surface area contributed by atoms with E-state index in [1.807, 2.05) is 0 Å². The predicted molar refractivity (Wildman–Crippen MR) is 118 cm³/mol. The highest BCUT2D eigenvalue weighted by Gasteiger charge is 2.50. The molecule has 0 heterocycles. The highest BCUT2D eigenvalue weighted by Crippen LogP contribution is 2.55. The quantitative estimate of drug-likeness (QED) is 0.649. The van der Waals surface area contributed by atoms with Gasteiger partial charge in [-0.2, -0.15) is 0 Å². The number of nitrogens with two attached hydrogens (primary N) is 1. The van der Waals surface area contributed by atoms with Crippen LogP contribution in [0.1, 0.15) is 49.7 Å². The van der Waals surface area contributed by atoms with Gasteiger partial charge in [0.1, 0.15) is 0 Å². The maximum atomic E-state index is 5.74. The molecule has 5 rings (SSSR count). The first kappa shape index (κ1) is 27.8. The van der Waals surface area contributed by atoms with Crippen LogP contribution in [-0.4, -0.2) is 5.54 Å². The number of rotatable bonds is 4. The highest BCUT2D eigenvalue weighted by atomic mass is 35.5. The molecule has 0 atom stereocenters. The molecule has 1 aromatic rings. The minimum absolute atomic E-state index is 0. The Morgan fingerprint density at radius 3 is 1.80 bits per heavy atom. The van der Waals surface area contributed by atoms with E-state index in [-0.39, 0.29) is 62.0 Å². The van der Waals surface area contributed by atoms with Crippen molar-refractivity contribution in [1.29, 1.82) is 0 Å². The Morgan fingerprint density at radius 1 is 0.840 bits per heavy atom. The largest absolute Gasteiger partial charge is 0.326 e. The fraction of sp³-hybridized carbons (Fsp3) is 0.667. The van der Waals surface area contributed by atoms with E-state index in [1.165, 1.54) is 49.7 Å². The highest BCUT2D eigenvalue weighted by molar-refractivity contribution is 5.86. The molecule has 148 valence electrons. The van der Waals surface area contributed by atoms with Crippen molar-refractivity contribution in [3.8, 4) is 0 Å². The number of halogens is 5. The van der Waals surface area contributed by atoms with Crippen LogP contribution in [0.25, 0.3) is 0 Å². The Bertz CT molecular complexity index is 477. The number of hydrogen-bond acceptors (Lipinski definition) is 2. The van der Waals surface area contributed by atoms with Gasteiger partial charge in [0.05, 0.1) is 0 Å². The molecule has 3 N–H and O–H groups in total. The lowest BCUT2D eigenvalue weighted by atomic mass is 9.53. The minimum atomic E-state index is 0. The van der Waals surface area contributed by atoms with Crippen molar-refractivity contribution in [1.82, 2.24) is 5.32 Å². The first-order chi connectivity index (χ1) is 9.75. The Hall–Kier alpha value is 0.590. The molecular weight excluding hydrogens is 421 g/mol. The first-order valence-corrected chi connectivity index (χ1v) is 8.28. The SMILES string of the molecule is Cl.Cl.Cl.Cl.Cl.NCc1cccc(CNC23CC4CC(CC(C4)C2)C3)c1. The van der Waals surface area contributed by atoms with Gasteiger partial charge in [0.15, 0.2) is 0 Å². The molecule has 1 aromatic carbocycles. The van der Waals surface area contributed by atoms with E-state index in [4.69, 9.17) is 5.73 Å². The third-order valence-electron chi connectivity index (χ3n) is 5.93. The molecule has 4 saturated carbocycles. The summed E-state index contributed by atoms with van der Waals surface area (Å²) in [6.45, 7) is 1.66. The zero-order valence-corrected chi connectivity index (χ0v) is 18.4. The van der Waals surface area contributed by atoms with Crippen molar-refractivity contribution in [2.24, 2.45) is 23.5 Å². The Morgan fingerprint density at radius 2 is 1.32 bits per heavy atom. The molecule has 0 aromatic heterocycles. The normalized spacial score (nSPS) is 30.7. The van der Waals surface area contributed by atoms with Crippen molar-refractivity contribution >= 4 is 62.0 Å². The molecular formula is C18H31Cl5N2. The minimum Gasteiger partial charge on any atom is -0.326 e. The smallest absolute Gasteiger partial charge is 0.0210 e. The monoisotopic (exact) mass is 450 g/mol. The molecule has 4 bridgehead atoms. The molecule has 7 heteroatoms. The van der Waals surface area contributed by atoms with E-state index in [0.717, 1.165) is 24.3 Å². The predicted octanol–water partition coefficient (Wildman–Crippen LogP) is 5.31. The summed E-state index contributed by atoms with van der Waals surface area (Å²) in [5, 5.41) is 3.95. The molecule has 0 amide bonds. The van der Waals surface area contributed by atoms with Crippen LogP contribution in [0.5, 0.6) is 0 Å². The molecule has 4 aliphatic rings. The number of nitrogens with one attached hydrogen (secondary N) is 1. The van der Waals surface area contributed by atoms with Crippen LogP contribution in [-0.2, 0) is 13.1 Å². The van der Waals surface area contributed by atoms with Gasteiger partial charge in [-0.3, -0.25) is 0 Å². The zero-order chi connectivity index (χ0) is 13.6. The summed E-state index contributed by atoms with van der Waals surface area (Å²) < 4.78 is 0. The first-order valence-electron chi connectivity index (χ1n) is 8.28. The Labute approximate surface area is 182 Å². The van der Waals surface area contributed by atoms with Crippen LogP contribution in [0.4, 0.5) is 0 Å². The average molecular weight is 453 g/mol. The number of hydrogen-bond donors (Lipinski definition) is 2. The maximum Gasteiger partial charge on any atom is 0.0210 e. The summed E-state index contributed by atoms with van der Waals surface area (Å²) in [4.78, 5) is 0. The summed E-state index contributed by atoms with van der Waals surface area (Å²) in [5.41, 5.74) is 8.84. The lowest BCUT2D eigenvalue weighted by Crippen LogP contribution is -2.58. The second kappa shape index (κ2) is 11.4. The van der Waals surface area contributed by atoms with Crippen LogP contribution in [0, 0.1) is 17.8 Å². The molecule has 0 spiro atoms. The van der Waals surface area contributed by atoms with Crippen LogP contribution in [0.3, 0.4) is 0 Å². The van der Waals surface area contributed by atoms with Gasteiger partial charge in [0.2, 0.25) is 0 Å². The van der Waals surface area contributed by atoms with Gasteiger partial charge in [-0.15, -0.1) is 62.0 Å². The molecule has 0 aliphatic heterocycles. The van der Waals surface area contributed by atoms with Gasteiger partial charge in [-0.25, -0.2) is 0 Å². The van der Waals surface area contributed by atoms with E-state index in [9.17, 15) is 0 Å². The van der Waals surface area contributed by atoms with Crippen molar-refractivity contribution < 1.29 is 0 Å². The third kappa shape index (κ3) is 6.04. The summed E-state index contributed by atoms with van der Waals surface area (Å²) in [5.74, 6) is 3.05. The summed E-state index contributed by atoms with van der Waals surface area (Å²) in [6, 6.07) is 8.74. The maximum absolute atomic E-state index is 5.74. The number of benzene rings is 1. The van der Waals surface area contributed by atoms with Crippen LogP contribution < -0.4 is 11.1 Å². The standard InChI is InChI=1S/C18H26N2.5ClH/c19-11-13-2-1-3-14(4-13)12-20-18-8-15-5-16(9-18)7-17(6-15)10-18;;;;;/h1-4,15-17,20H,5-12,19H2;5*1H. The lowest BCUT2D eigenvalue weighted by molar-refractivity contribution is -0.0206. The summed E-state index contributed by atoms with van der Waals surface area (Å²) in [7, 11) is 0. The van der Waals surface area contributed by atoms with Crippen molar-refractivity contribution in [3.05, 3.63) is 35.4 Å². The second-order valence-electron chi connectivity index (χ2n) is 7.58. The molecule has 0 unspecified atom stereocenters. The van der Waals surface area contributed by atoms with Crippen LogP contribution in [0.15, 0.2) is 24.3 Å². The van der Waals surface area contributed by atoms with Crippen LogP contribution in [0.2, 0.25) is 0 Å². The van der Waals surface area contributed by atoms with Gasteiger partial charge in [-0.1, -0.05) is 24.3 Å². The zero-order valence-electron chi connectivity index (χ0n) is 14.3. The van der Waals surface area contributed by atoms with Crippen molar-refractivity contribution in [2.45, 2.75) is 57.2 Å². The topological polar surface area (TPSA) is 38.0 Å². The molecule has 4 aliphatic carbocycles. The van der Waals surface area contributed by atoms with E-state index in [1.54, 1.807) is 0 Å². The van der Waals surface area contributed by atoms with Crippen molar-refractivity contribution in [2.75, 3.05) is 0 Å². The van der Waals surface area contributed by atoms with Crippen molar-refractivity contribution in [3.63, 3.8) is 0 Å². The Kier molecular flexibility index (Phi) is 12.7. The van der Waals surface area contributed by atoms with E-state index in [0.29, 0.717) is 12.1 Å². The molecule has 4 fully saturated rings. The van der Waals surface area contributed by atoms with Gasteiger partial charge in [-0.05, 0) is 67.4 Å². The molecule has 2 nitrogen and oxygen atoms in total. The van der Waals surface area contributed by atoms with Crippen LogP contribution >= 0.6 is 62.0 Å². The van der Waals surface area contributed by atoms with E-state index < -0.39 is 0 Å². The molecule has 25 heavy (non-hydrogen) atoms. The van der Waals surface area contributed by atoms with Gasteiger partial charge < -0.3 is 11.1 Å². The molecule has 0 radical (unpaired) electrons. The fourth-order valence-electron chi connectivity index (χ4n) is 5.48. The fourth-order valence-corrected chi connectivity index (χ4v) is 5.48. The second-order valence-corrected chi connectivity index (χ2v) is 7.58. The third-order valence-corrected chi connectivity index (χ3v) is 5.93. The summed E-state index contributed by atoms with van der Waals surface area (Å²) >= 11 is 0. The van der Waals surface area contributed by atoms with E-state index in [2.05, 4.69) is 29.6 Å². The van der Waals surface area contributed by atoms with Gasteiger partial charge in [0, 0.05) is 18.6 Å². The Balaban J connectivity index is 0. The lowest BCUT2D eigenvalue weighted by Gasteiger charge is -2.57. The average Bonchev–Trinajstić information content (AvgIpc) is 2.44. The van der Waals surface area contributed by atoms with E-state index >= 15 is 0 Å².